The minimum atomic E-state index is -0.524. The molecule has 1 fully saturated rings. The monoisotopic (exact) mass is 443 g/mol. The van der Waals surface area contributed by atoms with Crippen molar-refractivity contribution in [3.05, 3.63) is 50.6 Å². The molecule has 1 saturated carbocycles. The Morgan fingerprint density at radius 2 is 2.00 bits per heavy atom. The summed E-state index contributed by atoms with van der Waals surface area (Å²) < 4.78 is 6.90. The summed E-state index contributed by atoms with van der Waals surface area (Å²) in [7, 11) is 0. The smallest absolute Gasteiger partial charge is 0.407 e. The van der Waals surface area contributed by atoms with E-state index in [0.717, 1.165) is 23.8 Å². The van der Waals surface area contributed by atoms with E-state index in [4.69, 9.17) is 4.74 Å². The molecule has 0 aromatic carbocycles. The van der Waals surface area contributed by atoms with Gasteiger partial charge in [0.25, 0.3) is 5.56 Å². The van der Waals surface area contributed by atoms with Gasteiger partial charge in [0.1, 0.15) is 16.1 Å². The summed E-state index contributed by atoms with van der Waals surface area (Å²) in [6.45, 7) is 5.50. The molecule has 4 rings (SSSR count). The number of rotatable bonds is 4. The maximum absolute atomic E-state index is 12.7. The summed E-state index contributed by atoms with van der Waals surface area (Å²) >= 11 is 1.29. The van der Waals surface area contributed by atoms with Gasteiger partial charge in [0, 0.05) is 12.1 Å². The number of carbonyl (C=O) groups is 1. The average Bonchev–Trinajstić information content (AvgIpc) is 3.31. The zero-order valence-corrected chi connectivity index (χ0v) is 18.4. The SMILES string of the molecule is CC(C)(C)OC(=O)N[C@H]1CC[C@H](Nc2ccc(-n3c(=O)[nH]c4ccsc4c3=O)cn2)C1. The number of ether oxygens (including phenoxy) is 1. The van der Waals surface area contributed by atoms with Gasteiger partial charge in [-0.2, -0.15) is 0 Å². The zero-order chi connectivity index (χ0) is 22.2. The minimum Gasteiger partial charge on any atom is -0.444 e. The maximum Gasteiger partial charge on any atom is 0.407 e. The Bertz CT molecular complexity index is 1210. The number of thiophene rings is 1. The molecular formula is C21H25N5O4S. The van der Waals surface area contributed by atoms with E-state index < -0.39 is 17.4 Å². The van der Waals surface area contributed by atoms with E-state index in [1.54, 1.807) is 23.6 Å². The number of aromatic amines is 1. The second kappa shape index (κ2) is 8.18. The molecule has 0 unspecified atom stereocenters. The van der Waals surface area contributed by atoms with Crippen molar-refractivity contribution in [3.8, 4) is 5.69 Å². The molecule has 1 amide bonds. The van der Waals surface area contributed by atoms with Crippen molar-refractivity contribution in [2.24, 2.45) is 0 Å². The predicted molar refractivity (Wildman–Crippen MR) is 120 cm³/mol. The van der Waals surface area contributed by atoms with Crippen molar-refractivity contribution in [1.29, 1.82) is 0 Å². The van der Waals surface area contributed by atoms with Gasteiger partial charge in [-0.15, -0.1) is 11.3 Å². The van der Waals surface area contributed by atoms with Gasteiger partial charge in [-0.05, 0) is 63.6 Å². The van der Waals surface area contributed by atoms with Gasteiger partial charge in [0.2, 0.25) is 0 Å². The Morgan fingerprint density at radius 3 is 2.71 bits per heavy atom. The standard InChI is InChI=1S/C21H25N5O4S/c1-21(2,3)30-20(29)24-13-5-4-12(10-13)23-16-7-6-14(11-22-16)26-18(27)17-15(8-9-31-17)25-19(26)28/h6-9,11-13H,4-5,10H2,1-3H3,(H,22,23)(H,24,29)(H,25,28)/t12-,13-/m0/s1. The van der Waals surface area contributed by atoms with Crippen LogP contribution in [0.3, 0.4) is 0 Å². The van der Waals surface area contributed by atoms with E-state index in [1.807, 2.05) is 20.8 Å². The van der Waals surface area contributed by atoms with Crippen LogP contribution in [0.1, 0.15) is 40.0 Å². The third-order valence-electron chi connectivity index (χ3n) is 5.02. The largest absolute Gasteiger partial charge is 0.444 e. The van der Waals surface area contributed by atoms with Gasteiger partial charge in [-0.1, -0.05) is 0 Å². The highest BCUT2D eigenvalue weighted by Crippen LogP contribution is 2.23. The van der Waals surface area contributed by atoms with Crippen molar-refractivity contribution in [3.63, 3.8) is 0 Å². The number of H-pyrrole nitrogens is 1. The van der Waals surface area contributed by atoms with Crippen molar-refractivity contribution in [2.75, 3.05) is 5.32 Å². The first-order chi connectivity index (χ1) is 14.7. The molecule has 0 aliphatic heterocycles. The lowest BCUT2D eigenvalue weighted by molar-refractivity contribution is 0.0505. The van der Waals surface area contributed by atoms with Gasteiger partial charge in [0.05, 0.1) is 17.4 Å². The molecule has 3 aromatic heterocycles. The van der Waals surface area contributed by atoms with Crippen LogP contribution in [0.5, 0.6) is 0 Å². The first-order valence-electron chi connectivity index (χ1n) is 10.1. The molecule has 0 radical (unpaired) electrons. The predicted octanol–water partition coefficient (Wildman–Crippen LogP) is 2.99. The van der Waals surface area contributed by atoms with Crippen molar-refractivity contribution in [2.45, 2.75) is 57.7 Å². The summed E-state index contributed by atoms with van der Waals surface area (Å²) in [5, 5.41) is 8.03. The molecule has 3 heterocycles. The van der Waals surface area contributed by atoms with Gasteiger partial charge in [0.15, 0.2) is 0 Å². The molecule has 31 heavy (non-hydrogen) atoms. The fourth-order valence-corrected chi connectivity index (χ4v) is 4.48. The highest BCUT2D eigenvalue weighted by Gasteiger charge is 2.27. The van der Waals surface area contributed by atoms with Crippen LogP contribution in [-0.4, -0.2) is 38.3 Å². The molecule has 1 aliphatic rings. The van der Waals surface area contributed by atoms with E-state index in [9.17, 15) is 14.4 Å². The van der Waals surface area contributed by atoms with Crippen molar-refractivity contribution >= 4 is 33.5 Å². The number of nitrogens with one attached hydrogen (secondary N) is 3. The number of pyridine rings is 1. The lowest BCUT2D eigenvalue weighted by Gasteiger charge is -2.22. The number of amides is 1. The van der Waals surface area contributed by atoms with Crippen molar-refractivity contribution < 1.29 is 9.53 Å². The Hall–Kier alpha value is -3.14. The first-order valence-corrected chi connectivity index (χ1v) is 11.0. The summed E-state index contributed by atoms with van der Waals surface area (Å²) in [5.41, 5.74) is -0.432. The van der Waals surface area contributed by atoms with Crippen LogP contribution < -0.4 is 21.9 Å². The molecule has 3 N–H and O–H groups in total. The van der Waals surface area contributed by atoms with E-state index in [0.29, 0.717) is 21.7 Å². The lowest BCUT2D eigenvalue weighted by Crippen LogP contribution is -2.38. The summed E-state index contributed by atoms with van der Waals surface area (Å²) in [4.78, 5) is 44.0. The van der Waals surface area contributed by atoms with Gasteiger partial charge in [-0.25, -0.2) is 19.1 Å². The minimum absolute atomic E-state index is 0.0429. The van der Waals surface area contributed by atoms with E-state index in [-0.39, 0.29) is 17.6 Å². The average molecular weight is 444 g/mol. The third kappa shape index (κ3) is 4.79. The quantitative estimate of drug-likeness (QED) is 0.571. The highest BCUT2D eigenvalue weighted by molar-refractivity contribution is 7.17. The topological polar surface area (TPSA) is 118 Å². The summed E-state index contributed by atoms with van der Waals surface area (Å²) in [6.07, 6.45) is 3.60. The zero-order valence-electron chi connectivity index (χ0n) is 17.6. The number of nitrogens with zero attached hydrogens (tertiary/aromatic N) is 2. The summed E-state index contributed by atoms with van der Waals surface area (Å²) in [5.74, 6) is 0.647. The number of anilines is 1. The first kappa shape index (κ1) is 21.1. The molecule has 9 nitrogen and oxygen atoms in total. The molecule has 10 heteroatoms. The number of hydrogen-bond donors (Lipinski definition) is 3. The van der Waals surface area contributed by atoms with Gasteiger partial charge < -0.3 is 20.4 Å². The second-order valence-corrected chi connectivity index (χ2v) is 9.55. The number of fused-ring (bicyclic) bond motifs is 1. The third-order valence-corrected chi connectivity index (χ3v) is 5.92. The molecule has 0 saturated heterocycles. The fraction of sp³-hybridized carbons (Fsp3) is 0.429. The molecular weight excluding hydrogens is 418 g/mol. The Morgan fingerprint density at radius 1 is 1.23 bits per heavy atom. The highest BCUT2D eigenvalue weighted by atomic mass is 32.1. The van der Waals surface area contributed by atoms with E-state index >= 15 is 0 Å². The van der Waals surface area contributed by atoms with Crippen LogP contribution in [0.2, 0.25) is 0 Å². The van der Waals surface area contributed by atoms with Gasteiger partial charge in [-0.3, -0.25) is 4.79 Å². The van der Waals surface area contributed by atoms with Crippen LogP contribution in [0, 0.1) is 0 Å². The molecule has 2 atom stereocenters. The van der Waals surface area contributed by atoms with Crippen LogP contribution in [0.25, 0.3) is 15.9 Å². The number of alkyl carbamates (subject to hydrolysis) is 1. The molecule has 164 valence electrons. The molecule has 0 bridgehead atoms. The van der Waals surface area contributed by atoms with Crippen LogP contribution in [0.4, 0.5) is 10.6 Å². The number of aromatic nitrogens is 3. The Labute approximate surface area is 182 Å². The molecule has 3 aromatic rings. The lowest BCUT2D eigenvalue weighted by atomic mass is 10.2. The Balaban J connectivity index is 1.41. The van der Waals surface area contributed by atoms with Crippen molar-refractivity contribution in [1.82, 2.24) is 19.9 Å². The molecule has 0 spiro atoms. The van der Waals surface area contributed by atoms with E-state index in [1.165, 1.54) is 17.5 Å². The van der Waals surface area contributed by atoms with E-state index in [2.05, 4.69) is 20.6 Å². The Kier molecular flexibility index (Phi) is 5.57. The van der Waals surface area contributed by atoms with Gasteiger partial charge >= 0.3 is 11.8 Å². The normalized spacial score (nSPS) is 18.8. The van der Waals surface area contributed by atoms with Crippen LogP contribution >= 0.6 is 11.3 Å². The number of hydrogen-bond acceptors (Lipinski definition) is 7. The second-order valence-electron chi connectivity index (χ2n) is 8.63. The fourth-order valence-electron chi connectivity index (χ4n) is 3.70. The maximum atomic E-state index is 12.7. The summed E-state index contributed by atoms with van der Waals surface area (Å²) in [6, 6.07) is 5.35. The number of carbonyl (C=O) groups excluding carboxylic acids is 1. The van der Waals surface area contributed by atoms with Crippen LogP contribution in [-0.2, 0) is 4.74 Å². The molecule has 1 aliphatic carbocycles. The van der Waals surface area contributed by atoms with Crippen LogP contribution in [0.15, 0.2) is 39.4 Å².